The Hall–Kier alpha value is -1.46. The van der Waals surface area contributed by atoms with E-state index in [1.54, 1.807) is 0 Å². The molecule has 0 bridgehead atoms. The van der Waals surface area contributed by atoms with Crippen molar-refractivity contribution in [1.29, 1.82) is 0 Å². The van der Waals surface area contributed by atoms with Crippen molar-refractivity contribution in [3.63, 3.8) is 0 Å². The first-order valence-electron chi connectivity index (χ1n) is 7.60. The second kappa shape index (κ2) is 15.4. The zero-order valence-corrected chi connectivity index (χ0v) is 16.3. The molecule has 0 saturated heterocycles. The summed E-state index contributed by atoms with van der Waals surface area (Å²) in [5.41, 5.74) is 2.46. The van der Waals surface area contributed by atoms with Crippen molar-refractivity contribution in [2.75, 3.05) is 0 Å². The van der Waals surface area contributed by atoms with E-state index in [2.05, 4.69) is 44.9 Å². The van der Waals surface area contributed by atoms with Crippen LogP contribution in [0.4, 0.5) is 0 Å². The molecule has 3 rings (SSSR count). The molecule has 0 N–H and O–H groups in total. The van der Waals surface area contributed by atoms with Gasteiger partial charge in [0.1, 0.15) is 0 Å². The van der Waals surface area contributed by atoms with Gasteiger partial charge in [-0.2, -0.15) is 49.3 Å². The zero-order chi connectivity index (χ0) is 15.9. The van der Waals surface area contributed by atoms with Crippen LogP contribution in [0.2, 0.25) is 0 Å². The standard InChI is InChI=1S/C12H14.2C5H4.Zr/c1-3-8-11(4-2)12-9-6-5-7-10-12;2*1-2-4-5-3-1;/h5-7,9H,3-4H2,1-2H3;2*1-4H;/q-2;2*-1;+4. The molecule has 2 aliphatic rings. The summed E-state index contributed by atoms with van der Waals surface area (Å²) < 4.78 is 0. The van der Waals surface area contributed by atoms with Gasteiger partial charge in [0.15, 0.2) is 0 Å². The summed E-state index contributed by atoms with van der Waals surface area (Å²) >= 11 is 0. The molecule has 1 aromatic carbocycles. The number of hydrogen-bond donors (Lipinski definition) is 0. The third-order valence-electron chi connectivity index (χ3n) is 2.77. The Kier molecular flexibility index (Phi) is 14.5. The fourth-order valence-corrected chi connectivity index (χ4v) is 1.76. The normalized spacial score (nSPS) is 13.0. The fourth-order valence-electron chi connectivity index (χ4n) is 1.76. The van der Waals surface area contributed by atoms with E-state index in [1.165, 1.54) is 11.1 Å². The van der Waals surface area contributed by atoms with Crippen LogP contribution >= 0.6 is 0 Å². The average molecular weight is 378 g/mol. The molecule has 2 aliphatic carbocycles. The topological polar surface area (TPSA) is 0 Å². The maximum Gasteiger partial charge on any atom is 4.00 e. The van der Waals surface area contributed by atoms with Crippen molar-refractivity contribution in [1.82, 2.24) is 0 Å². The zero-order valence-electron chi connectivity index (χ0n) is 13.8. The minimum absolute atomic E-state index is 0. The Balaban J connectivity index is 0.000000362. The molecule has 114 valence electrons. The van der Waals surface area contributed by atoms with Gasteiger partial charge in [-0.3, -0.25) is 5.57 Å². The summed E-state index contributed by atoms with van der Waals surface area (Å²) in [5.74, 6) is 0. The summed E-state index contributed by atoms with van der Waals surface area (Å²) in [4.78, 5) is 0. The Morgan fingerprint density at radius 1 is 0.913 bits per heavy atom. The maximum atomic E-state index is 3.33. The molecule has 0 amide bonds. The van der Waals surface area contributed by atoms with E-state index < -0.39 is 0 Å². The Morgan fingerprint density at radius 2 is 1.48 bits per heavy atom. The molecule has 0 unspecified atom stereocenters. The number of rotatable bonds is 3. The molecule has 0 spiro atoms. The van der Waals surface area contributed by atoms with E-state index in [9.17, 15) is 0 Å². The molecule has 1 heteroatoms. The van der Waals surface area contributed by atoms with Gasteiger partial charge in [0.05, 0.1) is 0 Å². The van der Waals surface area contributed by atoms with Gasteiger partial charge in [-0.25, -0.2) is 36.4 Å². The summed E-state index contributed by atoms with van der Waals surface area (Å²) in [6.07, 6.45) is 26.3. The molecule has 0 atom stereocenters. The van der Waals surface area contributed by atoms with Crippen LogP contribution in [0.3, 0.4) is 0 Å². The van der Waals surface area contributed by atoms with E-state index in [4.69, 9.17) is 0 Å². The molecule has 1 aromatic rings. The smallest absolute Gasteiger partial charge is 0.324 e. The third kappa shape index (κ3) is 10.8. The Bertz CT molecular complexity index is 488. The summed E-state index contributed by atoms with van der Waals surface area (Å²) in [7, 11) is 0. The van der Waals surface area contributed by atoms with E-state index in [1.807, 2.05) is 66.8 Å². The molecule has 0 heterocycles. The second-order valence-corrected chi connectivity index (χ2v) is 4.41. The average Bonchev–Trinajstić information content (AvgIpc) is 3.32. The molecular weight excluding hydrogens is 355 g/mol. The SMILES string of the molecule is CC[C-]=C(CC)c1[c-]cccc1.[C-]1C=CC=C1.[C-]1C=CC=C1.[Zr+4]. The van der Waals surface area contributed by atoms with Gasteiger partial charge < -0.3 is 11.6 Å². The Labute approximate surface area is 161 Å². The van der Waals surface area contributed by atoms with Gasteiger partial charge in [0, 0.05) is 0 Å². The molecule has 0 saturated carbocycles. The second-order valence-electron chi connectivity index (χ2n) is 4.41. The van der Waals surface area contributed by atoms with Gasteiger partial charge in [0.25, 0.3) is 0 Å². The summed E-state index contributed by atoms with van der Waals surface area (Å²) in [6, 6.07) is 11.3. The van der Waals surface area contributed by atoms with Crippen molar-refractivity contribution >= 4 is 5.57 Å². The first-order valence-corrected chi connectivity index (χ1v) is 7.60. The van der Waals surface area contributed by atoms with Gasteiger partial charge in [-0.15, -0.1) is 12.5 Å². The minimum Gasteiger partial charge on any atom is -0.324 e. The fraction of sp³-hybridized carbons (Fsp3) is 0.182. The van der Waals surface area contributed by atoms with E-state index in [0.29, 0.717) is 0 Å². The molecular formula is C22H22Zr. The van der Waals surface area contributed by atoms with Gasteiger partial charge in [0.2, 0.25) is 0 Å². The van der Waals surface area contributed by atoms with Crippen molar-refractivity contribution in [3.8, 4) is 0 Å². The number of benzene rings is 1. The first-order chi connectivity index (χ1) is 10.9. The van der Waals surface area contributed by atoms with Crippen LogP contribution in [0.25, 0.3) is 5.57 Å². The Morgan fingerprint density at radius 3 is 1.78 bits per heavy atom. The molecule has 0 aliphatic heterocycles. The number of allylic oxidation sites excluding steroid dienone is 10. The predicted molar refractivity (Wildman–Crippen MR) is 95.6 cm³/mol. The third-order valence-corrected chi connectivity index (χ3v) is 2.77. The van der Waals surface area contributed by atoms with Crippen molar-refractivity contribution in [3.05, 3.63) is 103 Å². The van der Waals surface area contributed by atoms with Crippen molar-refractivity contribution in [2.24, 2.45) is 0 Å². The van der Waals surface area contributed by atoms with Crippen LogP contribution in [0.15, 0.2) is 72.9 Å². The first kappa shape index (κ1) is 21.5. The van der Waals surface area contributed by atoms with E-state index in [0.717, 1.165) is 12.8 Å². The van der Waals surface area contributed by atoms with Gasteiger partial charge >= 0.3 is 26.2 Å². The van der Waals surface area contributed by atoms with Gasteiger partial charge in [-0.05, 0) is 0 Å². The number of hydrogen-bond acceptors (Lipinski definition) is 0. The van der Waals surface area contributed by atoms with Crippen molar-refractivity contribution in [2.45, 2.75) is 26.7 Å². The van der Waals surface area contributed by atoms with E-state index in [-0.39, 0.29) is 26.2 Å². The molecule has 0 fully saturated rings. The van der Waals surface area contributed by atoms with Crippen LogP contribution in [-0.4, -0.2) is 0 Å². The summed E-state index contributed by atoms with van der Waals surface area (Å²) in [5, 5.41) is 0. The monoisotopic (exact) mass is 376 g/mol. The van der Waals surface area contributed by atoms with Crippen LogP contribution in [0.5, 0.6) is 0 Å². The quantitative estimate of drug-likeness (QED) is 0.577. The largest absolute Gasteiger partial charge is 4.00 e. The van der Waals surface area contributed by atoms with E-state index >= 15 is 0 Å². The predicted octanol–water partition coefficient (Wildman–Crippen LogP) is 5.88. The van der Waals surface area contributed by atoms with Crippen LogP contribution < -0.4 is 0 Å². The minimum atomic E-state index is 0. The van der Waals surface area contributed by atoms with Gasteiger partial charge in [-0.1, -0.05) is 20.3 Å². The molecule has 0 aromatic heterocycles. The molecule has 0 nitrogen and oxygen atoms in total. The van der Waals surface area contributed by atoms with Crippen LogP contribution in [0.1, 0.15) is 32.3 Å². The molecule has 23 heavy (non-hydrogen) atoms. The van der Waals surface area contributed by atoms with Crippen LogP contribution in [-0.2, 0) is 26.2 Å². The van der Waals surface area contributed by atoms with Crippen molar-refractivity contribution < 1.29 is 26.2 Å². The maximum absolute atomic E-state index is 3.33. The van der Waals surface area contributed by atoms with Crippen LogP contribution in [0, 0.1) is 25.0 Å². The molecule has 2 radical (unpaired) electrons. The summed E-state index contributed by atoms with van der Waals surface area (Å²) in [6.45, 7) is 4.26.